The maximum absolute atomic E-state index is 6.22. The van der Waals surface area contributed by atoms with Crippen molar-refractivity contribution in [2.75, 3.05) is 24.9 Å². The van der Waals surface area contributed by atoms with Crippen LogP contribution in [0.1, 0.15) is 5.56 Å². The molecule has 9 heteroatoms. The molecule has 0 aliphatic carbocycles. The van der Waals surface area contributed by atoms with Crippen LogP contribution in [0.2, 0.25) is 10.0 Å². The summed E-state index contributed by atoms with van der Waals surface area (Å²) in [5.41, 5.74) is 2.35. The molecule has 0 radical (unpaired) electrons. The number of halogens is 2. The van der Waals surface area contributed by atoms with E-state index in [2.05, 4.69) is 15.7 Å². The van der Waals surface area contributed by atoms with Gasteiger partial charge in [0.05, 0.1) is 38.3 Å². The van der Waals surface area contributed by atoms with E-state index in [-0.39, 0.29) is 0 Å². The van der Waals surface area contributed by atoms with Crippen LogP contribution in [-0.2, 0) is 6.54 Å². The van der Waals surface area contributed by atoms with E-state index < -0.39 is 0 Å². The normalized spacial score (nSPS) is 10.4. The molecule has 146 valence electrons. The van der Waals surface area contributed by atoms with Gasteiger partial charge in [-0.05, 0) is 42.0 Å². The molecule has 0 atom stereocenters. The van der Waals surface area contributed by atoms with Crippen LogP contribution in [-0.4, -0.2) is 29.1 Å². The molecule has 2 N–H and O–H groups in total. The third kappa shape index (κ3) is 5.07. The molecule has 1 aromatic heterocycles. The second kappa shape index (κ2) is 9.14. The van der Waals surface area contributed by atoms with Gasteiger partial charge in [-0.2, -0.15) is 5.10 Å². The third-order valence-electron chi connectivity index (χ3n) is 3.89. The Hall–Kier alpha value is -2.48. The van der Waals surface area contributed by atoms with E-state index in [1.807, 2.05) is 18.3 Å². The molecular formula is C19H18Cl2N4O2S. The molecular weight excluding hydrogens is 419 g/mol. The smallest absolute Gasteiger partial charge is 0.175 e. The van der Waals surface area contributed by atoms with Crippen molar-refractivity contribution in [3.05, 3.63) is 64.4 Å². The van der Waals surface area contributed by atoms with Gasteiger partial charge in [-0.15, -0.1) is 0 Å². The minimum absolute atomic E-state index is 0.399. The third-order valence-corrected chi connectivity index (χ3v) is 4.68. The topological polar surface area (TPSA) is 60.3 Å². The van der Waals surface area contributed by atoms with E-state index in [1.165, 1.54) is 0 Å². The van der Waals surface area contributed by atoms with Crippen LogP contribution in [0, 0.1) is 0 Å². The maximum Gasteiger partial charge on any atom is 0.175 e. The molecule has 3 rings (SSSR count). The average molecular weight is 437 g/mol. The monoisotopic (exact) mass is 436 g/mol. The Morgan fingerprint density at radius 3 is 2.64 bits per heavy atom. The second-order valence-electron chi connectivity index (χ2n) is 5.81. The van der Waals surface area contributed by atoms with Crippen molar-refractivity contribution in [2.24, 2.45) is 0 Å². The highest BCUT2D eigenvalue weighted by Gasteiger charge is 2.09. The summed E-state index contributed by atoms with van der Waals surface area (Å²) in [6, 6.07) is 10.8. The number of aromatic nitrogens is 2. The molecule has 0 saturated heterocycles. The number of nitrogens with zero attached hydrogens (tertiary/aromatic N) is 2. The summed E-state index contributed by atoms with van der Waals surface area (Å²) in [6.07, 6.45) is 3.52. The molecule has 0 saturated carbocycles. The van der Waals surface area contributed by atoms with Crippen molar-refractivity contribution >= 4 is 51.9 Å². The van der Waals surface area contributed by atoms with Gasteiger partial charge in [-0.1, -0.05) is 29.3 Å². The van der Waals surface area contributed by atoms with E-state index in [4.69, 9.17) is 44.9 Å². The highest BCUT2D eigenvalue weighted by molar-refractivity contribution is 7.80. The van der Waals surface area contributed by atoms with Gasteiger partial charge in [0.2, 0.25) is 0 Å². The number of hydrogen-bond donors (Lipinski definition) is 2. The predicted octanol–water partition coefficient (Wildman–Crippen LogP) is 5.06. The van der Waals surface area contributed by atoms with Gasteiger partial charge < -0.3 is 20.1 Å². The molecule has 0 aliphatic rings. The fourth-order valence-corrected chi connectivity index (χ4v) is 3.23. The molecule has 28 heavy (non-hydrogen) atoms. The molecule has 0 bridgehead atoms. The standard InChI is InChI=1S/C19H18Cl2N4O2S/c1-26-15-5-6-18(27-2)17(8-15)24-19(28)23-14-9-22-25(11-14)10-12-3-4-13(20)7-16(12)21/h3-9,11H,10H2,1-2H3,(H2,23,24,28). The number of nitrogens with one attached hydrogen (secondary N) is 2. The quantitative estimate of drug-likeness (QED) is 0.526. The zero-order chi connectivity index (χ0) is 20.1. The number of anilines is 2. The van der Waals surface area contributed by atoms with E-state index in [0.717, 1.165) is 11.3 Å². The summed E-state index contributed by atoms with van der Waals surface area (Å²) in [6.45, 7) is 0.515. The van der Waals surface area contributed by atoms with E-state index in [9.17, 15) is 0 Å². The number of benzene rings is 2. The predicted molar refractivity (Wildman–Crippen MR) is 117 cm³/mol. The van der Waals surface area contributed by atoms with Gasteiger partial charge in [0.15, 0.2) is 5.11 Å². The van der Waals surface area contributed by atoms with E-state index in [1.54, 1.807) is 49.4 Å². The Morgan fingerprint density at radius 2 is 1.93 bits per heavy atom. The molecule has 1 heterocycles. The SMILES string of the molecule is COc1ccc(OC)c(NC(=S)Nc2cnn(Cc3ccc(Cl)cc3Cl)c2)c1. The number of thiocarbonyl (C=S) groups is 1. The minimum atomic E-state index is 0.399. The van der Waals surface area contributed by atoms with Crippen LogP contribution in [0.15, 0.2) is 48.8 Å². The Morgan fingerprint density at radius 1 is 1.11 bits per heavy atom. The molecule has 0 spiro atoms. The molecule has 0 aliphatic heterocycles. The van der Waals surface area contributed by atoms with Crippen molar-refractivity contribution in [1.29, 1.82) is 0 Å². The lowest BCUT2D eigenvalue weighted by Gasteiger charge is -2.13. The largest absolute Gasteiger partial charge is 0.497 e. The Kier molecular flexibility index (Phi) is 6.61. The summed E-state index contributed by atoms with van der Waals surface area (Å²) in [5, 5.41) is 12.1. The minimum Gasteiger partial charge on any atom is -0.497 e. The Balaban J connectivity index is 1.66. The first-order valence-electron chi connectivity index (χ1n) is 8.25. The highest BCUT2D eigenvalue weighted by atomic mass is 35.5. The van der Waals surface area contributed by atoms with Crippen LogP contribution < -0.4 is 20.1 Å². The van der Waals surface area contributed by atoms with Gasteiger partial charge in [-0.25, -0.2) is 0 Å². The number of ether oxygens (including phenoxy) is 2. The zero-order valence-electron chi connectivity index (χ0n) is 15.2. The molecule has 3 aromatic rings. The Labute approximate surface area is 178 Å². The zero-order valence-corrected chi connectivity index (χ0v) is 17.5. The molecule has 0 fully saturated rings. The fraction of sp³-hybridized carbons (Fsp3) is 0.158. The lowest BCUT2D eigenvalue weighted by Crippen LogP contribution is -2.19. The molecule has 2 aromatic carbocycles. The van der Waals surface area contributed by atoms with Crippen molar-refractivity contribution < 1.29 is 9.47 Å². The number of rotatable bonds is 6. The molecule has 0 unspecified atom stereocenters. The molecule has 0 amide bonds. The summed E-state index contributed by atoms with van der Waals surface area (Å²) >= 11 is 17.5. The van der Waals surface area contributed by atoms with Gasteiger partial charge in [0.1, 0.15) is 11.5 Å². The van der Waals surface area contributed by atoms with Crippen molar-refractivity contribution in [1.82, 2.24) is 9.78 Å². The summed E-state index contributed by atoms with van der Waals surface area (Å²) in [5.74, 6) is 1.34. The summed E-state index contributed by atoms with van der Waals surface area (Å²) in [4.78, 5) is 0. The van der Waals surface area contributed by atoms with Crippen LogP contribution in [0.3, 0.4) is 0 Å². The summed E-state index contributed by atoms with van der Waals surface area (Å²) in [7, 11) is 3.19. The summed E-state index contributed by atoms with van der Waals surface area (Å²) < 4.78 is 12.3. The van der Waals surface area contributed by atoms with E-state index in [0.29, 0.717) is 38.9 Å². The van der Waals surface area contributed by atoms with Gasteiger partial charge in [0.25, 0.3) is 0 Å². The van der Waals surface area contributed by atoms with Crippen LogP contribution in [0.4, 0.5) is 11.4 Å². The lowest BCUT2D eigenvalue weighted by molar-refractivity contribution is 0.405. The van der Waals surface area contributed by atoms with Gasteiger partial charge in [0, 0.05) is 22.3 Å². The van der Waals surface area contributed by atoms with Crippen molar-refractivity contribution in [3.8, 4) is 11.5 Å². The van der Waals surface area contributed by atoms with Crippen LogP contribution >= 0.6 is 35.4 Å². The Bertz CT molecular complexity index is 994. The first-order chi connectivity index (χ1) is 13.5. The van der Waals surface area contributed by atoms with E-state index >= 15 is 0 Å². The molecule has 6 nitrogen and oxygen atoms in total. The van der Waals surface area contributed by atoms with Crippen LogP contribution in [0.5, 0.6) is 11.5 Å². The first-order valence-corrected chi connectivity index (χ1v) is 9.41. The van der Waals surface area contributed by atoms with Crippen LogP contribution in [0.25, 0.3) is 0 Å². The average Bonchev–Trinajstić information content (AvgIpc) is 3.10. The van der Waals surface area contributed by atoms with Gasteiger partial charge >= 0.3 is 0 Å². The van der Waals surface area contributed by atoms with Gasteiger partial charge in [-0.3, -0.25) is 4.68 Å². The number of hydrogen-bond acceptors (Lipinski definition) is 4. The van der Waals surface area contributed by atoms with Crippen molar-refractivity contribution in [3.63, 3.8) is 0 Å². The van der Waals surface area contributed by atoms with Crippen molar-refractivity contribution in [2.45, 2.75) is 6.54 Å². The highest BCUT2D eigenvalue weighted by Crippen LogP contribution is 2.29. The second-order valence-corrected chi connectivity index (χ2v) is 7.06. The fourth-order valence-electron chi connectivity index (χ4n) is 2.54. The lowest BCUT2D eigenvalue weighted by atomic mass is 10.2. The first kappa shape index (κ1) is 20.3. The number of methoxy groups -OCH3 is 2. The maximum atomic E-state index is 6.22.